The Hall–Kier alpha value is -0.535. The third kappa shape index (κ3) is 1.89. The third-order valence-electron chi connectivity index (χ3n) is 3.12. The minimum Gasteiger partial charge on any atom is -0.341 e. The molecule has 0 aromatic rings. The SMILES string of the molecule is [B]N1C(=O)C(C(C)(C)C)C([B])([B])C([B])([B])C1=O. The zero-order valence-electron chi connectivity index (χ0n) is 10.2. The second-order valence-corrected chi connectivity index (χ2v) is 5.61. The van der Waals surface area contributed by atoms with Crippen molar-refractivity contribution in [2.24, 2.45) is 11.3 Å². The summed E-state index contributed by atoms with van der Waals surface area (Å²) in [6.07, 6.45) is 0. The molecule has 1 atom stereocenters. The van der Waals surface area contributed by atoms with Gasteiger partial charge in [-0.2, -0.15) is 0 Å². The number of imide groups is 1. The lowest BCUT2D eigenvalue weighted by molar-refractivity contribution is -0.149. The number of carbonyl (C=O) groups is 2. The quantitative estimate of drug-likeness (QED) is 0.386. The minimum absolute atomic E-state index is 0.397. The van der Waals surface area contributed by atoms with Gasteiger partial charge in [0, 0.05) is 5.92 Å². The van der Waals surface area contributed by atoms with Gasteiger partial charge in [-0.25, -0.2) is 0 Å². The van der Waals surface area contributed by atoms with E-state index in [0.717, 1.165) is 0 Å². The summed E-state index contributed by atoms with van der Waals surface area (Å²) in [7, 11) is 28.3. The second-order valence-electron chi connectivity index (χ2n) is 5.61. The minimum atomic E-state index is -2.09. The Labute approximate surface area is 109 Å². The molecule has 17 heavy (non-hydrogen) atoms. The van der Waals surface area contributed by atoms with Crippen molar-refractivity contribution in [3.63, 3.8) is 0 Å². The smallest absolute Gasteiger partial charge is 0.242 e. The summed E-state index contributed by atoms with van der Waals surface area (Å²) >= 11 is 0. The van der Waals surface area contributed by atoms with E-state index in [-0.39, 0.29) is 0 Å². The summed E-state index contributed by atoms with van der Waals surface area (Å²) in [6.45, 7) is 5.22. The number of hydrogen-bond donors (Lipinski definition) is 0. The Morgan fingerprint density at radius 2 is 1.53 bits per heavy atom. The number of rotatable bonds is 0. The largest absolute Gasteiger partial charge is 0.341 e. The third-order valence-corrected chi connectivity index (χ3v) is 3.12. The van der Waals surface area contributed by atoms with Gasteiger partial charge in [-0.3, -0.25) is 9.59 Å². The van der Waals surface area contributed by atoms with Gasteiger partial charge in [-0.15, -0.1) is 0 Å². The van der Waals surface area contributed by atoms with Crippen molar-refractivity contribution < 1.29 is 9.59 Å². The van der Waals surface area contributed by atoms with E-state index in [2.05, 4.69) is 0 Å². The molecule has 2 amide bonds. The number of amides is 2. The second kappa shape index (κ2) is 3.73. The van der Waals surface area contributed by atoms with Gasteiger partial charge in [0.2, 0.25) is 19.8 Å². The van der Waals surface area contributed by atoms with E-state index < -0.39 is 33.6 Å². The van der Waals surface area contributed by atoms with Crippen molar-refractivity contribution >= 4 is 51.2 Å². The van der Waals surface area contributed by atoms with Crippen LogP contribution in [-0.4, -0.2) is 56.0 Å². The highest BCUT2D eigenvalue weighted by molar-refractivity contribution is 6.64. The van der Waals surface area contributed by atoms with Crippen LogP contribution in [0.1, 0.15) is 20.8 Å². The van der Waals surface area contributed by atoms with E-state index in [4.69, 9.17) is 39.4 Å². The first-order chi connectivity index (χ1) is 7.35. The van der Waals surface area contributed by atoms with Gasteiger partial charge in [0.15, 0.2) is 0 Å². The van der Waals surface area contributed by atoms with Gasteiger partial charge in [0.25, 0.3) is 0 Å². The predicted molar refractivity (Wildman–Crippen MR) is 69.0 cm³/mol. The Bertz CT molecular complexity index is 374. The molecule has 1 aliphatic rings. The highest BCUT2D eigenvalue weighted by Crippen LogP contribution is 2.57. The maximum absolute atomic E-state index is 12.0. The number of carbonyl (C=O) groups excluding carboxylic acids is 2. The average Bonchev–Trinajstić information content (AvgIpc) is 2.10. The molecule has 1 unspecified atom stereocenters. The molecule has 1 aliphatic heterocycles. The molecule has 0 saturated carbocycles. The van der Waals surface area contributed by atoms with Crippen LogP contribution in [0, 0.1) is 11.3 Å². The van der Waals surface area contributed by atoms with Gasteiger partial charge in [0.05, 0.1) is 31.4 Å². The zero-order valence-corrected chi connectivity index (χ0v) is 10.2. The molecule has 1 fully saturated rings. The van der Waals surface area contributed by atoms with Gasteiger partial charge < -0.3 is 4.81 Å². The lowest BCUT2D eigenvalue weighted by atomic mass is 9.23. The normalized spacial score (nSPS) is 28.2. The van der Waals surface area contributed by atoms with Crippen molar-refractivity contribution in [1.29, 1.82) is 0 Å². The monoisotopic (exact) mass is 219 g/mol. The van der Waals surface area contributed by atoms with Gasteiger partial charge in [-0.1, -0.05) is 26.0 Å². The van der Waals surface area contributed by atoms with Crippen molar-refractivity contribution in [1.82, 2.24) is 4.81 Å². The Balaban J connectivity index is 3.41. The fourth-order valence-corrected chi connectivity index (χ4v) is 2.15. The molecule has 0 aromatic carbocycles. The van der Waals surface area contributed by atoms with Crippen LogP contribution < -0.4 is 0 Å². The van der Waals surface area contributed by atoms with Gasteiger partial charge in [-0.05, 0) is 10.6 Å². The Morgan fingerprint density at radius 1 is 1.12 bits per heavy atom. The fraction of sp³-hybridized carbons (Fsp3) is 0.778. The lowest BCUT2D eigenvalue weighted by Gasteiger charge is -2.57. The molecule has 0 aliphatic carbocycles. The Kier molecular flexibility index (Phi) is 3.18. The molecule has 1 rings (SSSR count). The van der Waals surface area contributed by atoms with Crippen LogP contribution in [0.3, 0.4) is 0 Å². The highest BCUT2D eigenvalue weighted by Gasteiger charge is 2.57. The highest BCUT2D eigenvalue weighted by atomic mass is 16.2. The molecular formula is C9H10B5NO2. The van der Waals surface area contributed by atoms with E-state index in [1.54, 1.807) is 20.8 Å². The number of hydrogen-bond acceptors (Lipinski definition) is 2. The van der Waals surface area contributed by atoms with Crippen LogP contribution in [0.15, 0.2) is 0 Å². The summed E-state index contributed by atoms with van der Waals surface area (Å²) in [4.78, 5) is 24.1. The van der Waals surface area contributed by atoms with Gasteiger partial charge >= 0.3 is 0 Å². The van der Waals surface area contributed by atoms with Crippen molar-refractivity contribution in [2.45, 2.75) is 31.2 Å². The average molecular weight is 218 g/mol. The molecule has 0 aromatic heterocycles. The van der Waals surface area contributed by atoms with E-state index in [1.165, 1.54) is 0 Å². The van der Waals surface area contributed by atoms with Gasteiger partial charge in [0.1, 0.15) is 0 Å². The van der Waals surface area contributed by atoms with Crippen LogP contribution >= 0.6 is 0 Å². The predicted octanol–water partition coefficient (Wildman–Crippen LogP) is -0.993. The maximum atomic E-state index is 12.0. The van der Waals surface area contributed by atoms with Crippen molar-refractivity contribution in [3.05, 3.63) is 0 Å². The van der Waals surface area contributed by atoms with E-state index in [0.29, 0.717) is 4.81 Å². The molecule has 8 heteroatoms. The van der Waals surface area contributed by atoms with Crippen molar-refractivity contribution in [2.75, 3.05) is 0 Å². The molecule has 10 radical (unpaired) electrons. The zero-order chi connectivity index (χ0) is 13.8. The molecule has 3 nitrogen and oxygen atoms in total. The summed E-state index contributed by atoms with van der Waals surface area (Å²) in [5, 5.41) is -3.96. The van der Waals surface area contributed by atoms with Crippen LogP contribution in [0.5, 0.6) is 0 Å². The summed E-state index contributed by atoms with van der Waals surface area (Å²) in [5.41, 5.74) is -0.636. The van der Waals surface area contributed by atoms with E-state index in [9.17, 15) is 9.59 Å². The van der Waals surface area contributed by atoms with Crippen molar-refractivity contribution in [3.8, 4) is 0 Å². The molecule has 78 valence electrons. The lowest BCUT2D eigenvalue weighted by Crippen LogP contribution is -2.62. The fourth-order valence-electron chi connectivity index (χ4n) is 2.15. The van der Waals surface area contributed by atoms with Crippen LogP contribution in [0.25, 0.3) is 0 Å². The van der Waals surface area contributed by atoms with E-state index in [1.807, 2.05) is 0 Å². The first-order valence-electron chi connectivity index (χ1n) is 5.13. The number of nitrogens with zero attached hydrogens (tertiary/aromatic N) is 1. The number of piperidine rings is 1. The molecule has 0 bridgehead atoms. The summed E-state index contributed by atoms with van der Waals surface area (Å²) < 4.78 is 0. The first kappa shape index (κ1) is 14.5. The standard InChI is InChI=1S/C9H10B5NO2/c1-7(2,3)4-5(16)15(14)6(17)9(12,13)8(4,10)11/h4H,1-3H3. The summed E-state index contributed by atoms with van der Waals surface area (Å²) in [5.74, 6) is -2.64. The molecule has 1 heterocycles. The van der Waals surface area contributed by atoms with E-state index >= 15 is 0 Å². The first-order valence-corrected chi connectivity index (χ1v) is 5.13. The molecule has 0 spiro atoms. The summed E-state index contributed by atoms with van der Waals surface area (Å²) in [6, 6.07) is 0. The molecule has 0 N–H and O–H groups in total. The van der Waals surface area contributed by atoms with Crippen LogP contribution in [0.4, 0.5) is 0 Å². The van der Waals surface area contributed by atoms with Crippen LogP contribution in [-0.2, 0) is 9.59 Å². The topological polar surface area (TPSA) is 37.4 Å². The Morgan fingerprint density at radius 3 is 1.88 bits per heavy atom. The molecule has 1 saturated heterocycles. The maximum Gasteiger partial charge on any atom is 0.242 e. The molecular weight excluding hydrogens is 208 g/mol. The van der Waals surface area contributed by atoms with Crippen LogP contribution in [0.2, 0.25) is 10.4 Å².